The molecule has 1 saturated carbocycles. The van der Waals surface area contributed by atoms with Gasteiger partial charge >= 0.3 is 18.3 Å². The van der Waals surface area contributed by atoms with E-state index in [-0.39, 0.29) is 38.0 Å². The van der Waals surface area contributed by atoms with Crippen LogP contribution in [-0.4, -0.2) is 24.9 Å². The first kappa shape index (κ1) is 27.3. The summed E-state index contributed by atoms with van der Waals surface area (Å²) in [4.78, 5) is 11.9. The first-order chi connectivity index (χ1) is 16.9. The molecule has 4 N–H and O–H groups in total. The predicted octanol–water partition coefficient (Wildman–Crippen LogP) is 6.38. The highest BCUT2D eigenvalue weighted by molar-refractivity contribution is 5.87. The Hall–Kier alpha value is -3.30. The van der Waals surface area contributed by atoms with Gasteiger partial charge in [-0.25, -0.2) is 4.79 Å². The van der Waals surface area contributed by atoms with Gasteiger partial charge in [0.25, 0.3) is 0 Å². The maximum atomic E-state index is 14.5. The van der Waals surface area contributed by atoms with E-state index in [2.05, 4.69) is 0 Å². The lowest BCUT2D eigenvalue weighted by atomic mass is 9.81. The second kappa shape index (κ2) is 11.6. The minimum absolute atomic E-state index is 0.111. The maximum Gasteiger partial charge on any atom is 0.400 e. The molecule has 1 aliphatic rings. The van der Waals surface area contributed by atoms with Crippen LogP contribution in [0.4, 0.5) is 33.3 Å². The Bertz CT molecular complexity index is 1050. The van der Waals surface area contributed by atoms with Gasteiger partial charge in [0.2, 0.25) is 0 Å². The van der Waals surface area contributed by atoms with Crippen LogP contribution in [0.2, 0.25) is 0 Å². The fourth-order valence-electron chi connectivity index (χ4n) is 4.13. The summed E-state index contributed by atoms with van der Waals surface area (Å²) in [6.45, 7) is 0.194. The van der Waals surface area contributed by atoms with Crippen LogP contribution in [0, 0.1) is 11.8 Å². The molecule has 0 radical (unpaired) electrons. The Morgan fingerprint density at radius 3 is 2.19 bits per heavy atom. The molecule has 0 aliphatic heterocycles. The van der Waals surface area contributed by atoms with E-state index in [0.717, 1.165) is 5.56 Å². The second-order valence-electron chi connectivity index (χ2n) is 8.89. The highest BCUT2D eigenvalue weighted by Crippen LogP contribution is 2.44. The number of anilines is 2. The number of benzene rings is 2. The zero-order chi connectivity index (χ0) is 26.3. The third-order valence-electron chi connectivity index (χ3n) is 6.22. The van der Waals surface area contributed by atoms with Crippen LogP contribution in [0.3, 0.4) is 0 Å². The first-order valence-electron chi connectivity index (χ1n) is 11.7. The zero-order valence-electron chi connectivity index (χ0n) is 19.6. The summed E-state index contributed by atoms with van der Waals surface area (Å²) in [7, 11) is 0. The van der Waals surface area contributed by atoms with Crippen molar-refractivity contribution in [3.05, 3.63) is 59.7 Å². The van der Waals surface area contributed by atoms with Crippen molar-refractivity contribution in [1.82, 2.24) is 0 Å². The van der Waals surface area contributed by atoms with Crippen LogP contribution in [0.1, 0.15) is 43.2 Å². The van der Waals surface area contributed by atoms with E-state index in [9.17, 15) is 26.7 Å². The molecular formula is C26H29F5N2O3. The lowest BCUT2D eigenvalue weighted by molar-refractivity contribution is -0.237. The van der Waals surface area contributed by atoms with Gasteiger partial charge in [-0.15, -0.1) is 0 Å². The van der Waals surface area contributed by atoms with Crippen molar-refractivity contribution in [3.63, 3.8) is 0 Å². The van der Waals surface area contributed by atoms with Crippen LogP contribution in [0.15, 0.2) is 48.5 Å². The molecule has 0 saturated heterocycles. The number of carbonyl (C=O) groups excluding carboxylic acids is 1. The van der Waals surface area contributed by atoms with Crippen molar-refractivity contribution < 1.29 is 36.2 Å². The van der Waals surface area contributed by atoms with Gasteiger partial charge in [0, 0.05) is 17.5 Å². The molecule has 10 heteroatoms. The molecule has 1 fully saturated rings. The smallest absolute Gasteiger partial charge is 0.400 e. The molecule has 0 atom stereocenters. The number of ether oxygens (including phenoxy) is 2. The second-order valence-corrected chi connectivity index (χ2v) is 8.89. The minimum atomic E-state index is -4.36. The quantitative estimate of drug-likeness (QED) is 0.134. The number of alkyl halides is 5. The normalized spacial score (nSPS) is 18.8. The van der Waals surface area contributed by atoms with Crippen molar-refractivity contribution >= 4 is 23.4 Å². The summed E-state index contributed by atoms with van der Waals surface area (Å²) in [6.07, 6.45) is -5.21. The number of nitrogen functional groups attached to an aromatic ring is 2. The largest absolute Gasteiger partial charge is 0.463 e. The SMILES string of the molecule is Nc1ccc(CCCOC(=O)/C=C/c2ccc(OC(F)(F)C3CCC(C(F)(F)F)CC3)cc2)c(N)c1. The summed E-state index contributed by atoms with van der Waals surface area (Å²) >= 11 is 0. The third kappa shape index (κ3) is 7.86. The van der Waals surface area contributed by atoms with Gasteiger partial charge in [-0.3, -0.25) is 0 Å². The van der Waals surface area contributed by atoms with Crippen molar-refractivity contribution in [1.29, 1.82) is 0 Å². The van der Waals surface area contributed by atoms with Crippen molar-refractivity contribution in [3.8, 4) is 5.75 Å². The first-order valence-corrected chi connectivity index (χ1v) is 11.7. The molecule has 1 aliphatic carbocycles. The van der Waals surface area contributed by atoms with E-state index in [1.165, 1.54) is 36.4 Å². The average molecular weight is 513 g/mol. The van der Waals surface area contributed by atoms with Crippen molar-refractivity contribution in [2.45, 2.75) is 50.8 Å². The molecule has 0 bridgehead atoms. The van der Waals surface area contributed by atoms with Crippen LogP contribution in [-0.2, 0) is 16.0 Å². The number of nitrogens with two attached hydrogens (primary N) is 2. The predicted molar refractivity (Wildman–Crippen MR) is 127 cm³/mol. The summed E-state index contributed by atoms with van der Waals surface area (Å²) in [5.74, 6) is -3.48. The number of esters is 1. The Balaban J connectivity index is 1.42. The Morgan fingerprint density at radius 1 is 0.944 bits per heavy atom. The summed E-state index contributed by atoms with van der Waals surface area (Å²) in [6, 6.07) is 10.9. The van der Waals surface area contributed by atoms with Gasteiger partial charge in [-0.1, -0.05) is 18.2 Å². The van der Waals surface area contributed by atoms with Gasteiger partial charge in [-0.05, 0) is 80.0 Å². The summed E-state index contributed by atoms with van der Waals surface area (Å²) in [5.41, 5.74) is 14.2. The molecule has 0 unspecified atom stereocenters. The van der Waals surface area contributed by atoms with Gasteiger partial charge < -0.3 is 20.9 Å². The van der Waals surface area contributed by atoms with Gasteiger partial charge in [-0.2, -0.15) is 22.0 Å². The van der Waals surface area contributed by atoms with E-state index in [1.807, 2.05) is 6.07 Å². The average Bonchev–Trinajstić information content (AvgIpc) is 2.82. The number of rotatable bonds is 9. The van der Waals surface area contributed by atoms with E-state index >= 15 is 0 Å². The van der Waals surface area contributed by atoms with Crippen molar-refractivity contribution in [2.24, 2.45) is 11.8 Å². The van der Waals surface area contributed by atoms with E-state index in [1.54, 1.807) is 12.1 Å². The van der Waals surface area contributed by atoms with Crippen LogP contribution in [0.25, 0.3) is 6.08 Å². The molecule has 2 aromatic rings. The van der Waals surface area contributed by atoms with Crippen molar-refractivity contribution in [2.75, 3.05) is 18.1 Å². The molecule has 3 rings (SSSR count). The maximum absolute atomic E-state index is 14.5. The molecule has 0 heterocycles. The van der Waals surface area contributed by atoms with Crippen LogP contribution >= 0.6 is 0 Å². The molecule has 5 nitrogen and oxygen atoms in total. The molecule has 36 heavy (non-hydrogen) atoms. The van der Waals surface area contributed by atoms with Gasteiger partial charge in [0.05, 0.1) is 18.4 Å². The van der Waals surface area contributed by atoms with Crippen LogP contribution < -0.4 is 16.2 Å². The molecule has 2 aromatic carbocycles. The molecule has 0 aromatic heterocycles. The number of aryl methyl sites for hydroxylation is 1. The van der Waals surface area contributed by atoms with E-state index < -0.39 is 30.1 Å². The molecular weight excluding hydrogens is 483 g/mol. The van der Waals surface area contributed by atoms with Gasteiger partial charge in [0.1, 0.15) is 5.75 Å². The lowest BCUT2D eigenvalue weighted by Crippen LogP contribution is -2.39. The molecule has 196 valence electrons. The standard InChI is InChI=1S/C26H29F5N2O3/c27-25(28,29)19-7-9-20(10-8-19)26(30,31)36-22-12-3-17(4-13-22)5-14-24(34)35-15-1-2-18-6-11-21(32)16-23(18)33/h3-6,11-14,16,19-20H,1-2,7-10,15,32-33H2/b14-5+. The fraction of sp³-hybridized carbons (Fsp3) is 0.423. The molecule has 0 spiro atoms. The van der Waals surface area contributed by atoms with Crippen LogP contribution in [0.5, 0.6) is 5.75 Å². The van der Waals surface area contributed by atoms with E-state index in [0.29, 0.717) is 29.8 Å². The number of hydrogen-bond donors (Lipinski definition) is 2. The Kier molecular flexibility index (Phi) is 8.81. The number of hydrogen-bond acceptors (Lipinski definition) is 5. The zero-order valence-corrected chi connectivity index (χ0v) is 19.6. The van der Waals surface area contributed by atoms with E-state index in [4.69, 9.17) is 20.9 Å². The Morgan fingerprint density at radius 2 is 1.58 bits per heavy atom. The number of halogens is 5. The third-order valence-corrected chi connectivity index (χ3v) is 6.22. The topological polar surface area (TPSA) is 87.6 Å². The minimum Gasteiger partial charge on any atom is -0.463 e. The highest BCUT2D eigenvalue weighted by Gasteiger charge is 2.48. The number of carbonyl (C=O) groups is 1. The Labute approximate surface area is 206 Å². The van der Waals surface area contributed by atoms with Gasteiger partial charge in [0.15, 0.2) is 0 Å². The fourth-order valence-corrected chi connectivity index (χ4v) is 4.13. The highest BCUT2D eigenvalue weighted by atomic mass is 19.4. The summed E-state index contributed by atoms with van der Waals surface area (Å²) in [5, 5.41) is 0. The molecule has 0 amide bonds. The monoisotopic (exact) mass is 512 g/mol. The summed E-state index contributed by atoms with van der Waals surface area (Å²) < 4.78 is 77.2. The lowest BCUT2D eigenvalue weighted by Gasteiger charge is -2.33.